The van der Waals surface area contributed by atoms with Gasteiger partial charge in [-0.15, -0.1) is 0 Å². The average Bonchev–Trinajstić information content (AvgIpc) is 3.72. The molecular formula is C42H53N3O9Si. The number of aromatic nitrogens is 1. The highest BCUT2D eigenvalue weighted by molar-refractivity contribution is 6.74. The van der Waals surface area contributed by atoms with Crippen molar-refractivity contribution < 1.29 is 42.6 Å². The van der Waals surface area contributed by atoms with E-state index in [0.29, 0.717) is 12.0 Å². The monoisotopic (exact) mass is 771 g/mol. The Bertz CT molecular complexity index is 2060. The van der Waals surface area contributed by atoms with Crippen LogP contribution in [0.5, 0.6) is 11.6 Å². The molecule has 1 fully saturated rings. The third-order valence-electron chi connectivity index (χ3n) is 12.1. The number of nitrogens with two attached hydrogens (primary N) is 1. The molecule has 3 aliphatic carbocycles. The molecule has 2 heterocycles. The van der Waals surface area contributed by atoms with Crippen LogP contribution in [0, 0.1) is 11.8 Å². The molecule has 1 aromatic heterocycles. The number of Topliss-reactive ketones (excluding diaryl/α,β-unsaturated/α-hetero) is 2. The number of likely N-dealkylation sites (tertiary alicyclic amines) is 1. The molecule has 2 aromatic carbocycles. The first kappa shape index (κ1) is 39.0. The van der Waals surface area contributed by atoms with Crippen molar-refractivity contribution in [1.29, 1.82) is 0 Å². The predicted molar refractivity (Wildman–Crippen MR) is 207 cm³/mol. The van der Waals surface area contributed by atoms with E-state index in [1.54, 1.807) is 26.8 Å². The molecule has 4 aliphatic rings. The van der Waals surface area contributed by atoms with E-state index in [0.717, 1.165) is 30.5 Å². The summed E-state index contributed by atoms with van der Waals surface area (Å²) in [6.07, 6.45) is 1.54. The van der Waals surface area contributed by atoms with Crippen molar-refractivity contribution in [1.82, 2.24) is 10.1 Å². The number of aliphatic hydroxyl groups excluding tert-OH is 1. The molecule has 1 aliphatic heterocycles. The number of ether oxygens (including phenoxy) is 3. The van der Waals surface area contributed by atoms with Crippen molar-refractivity contribution >= 4 is 26.0 Å². The smallest absolute Gasteiger partial charge is 0.508 e. The zero-order valence-electron chi connectivity index (χ0n) is 33.3. The highest BCUT2D eigenvalue weighted by atomic mass is 28.4. The number of fused-ring (bicyclic) bond motifs is 4. The van der Waals surface area contributed by atoms with Gasteiger partial charge in [-0.2, -0.15) is 0 Å². The number of rotatable bonds is 7. The van der Waals surface area contributed by atoms with Crippen LogP contribution >= 0.6 is 0 Å². The van der Waals surface area contributed by atoms with Crippen LogP contribution < -0.4 is 15.2 Å². The lowest BCUT2D eigenvalue weighted by molar-refractivity contribution is -0.0273. The van der Waals surface area contributed by atoms with Crippen LogP contribution in [-0.2, 0) is 22.2 Å². The molecule has 0 radical (unpaired) electrons. The second-order valence-corrected chi connectivity index (χ2v) is 22.8. The van der Waals surface area contributed by atoms with E-state index < -0.39 is 65.9 Å². The highest BCUT2D eigenvalue weighted by Crippen LogP contribution is 2.58. The molecule has 55 heavy (non-hydrogen) atoms. The summed E-state index contributed by atoms with van der Waals surface area (Å²) in [5.74, 6) is -2.81. The summed E-state index contributed by atoms with van der Waals surface area (Å²) < 4.78 is 30.4. The molecule has 0 saturated carbocycles. The Morgan fingerprint density at radius 2 is 1.80 bits per heavy atom. The number of ketones is 2. The normalized spacial score (nSPS) is 25.6. The summed E-state index contributed by atoms with van der Waals surface area (Å²) in [6.45, 7) is 16.3. The zero-order valence-corrected chi connectivity index (χ0v) is 34.3. The molecule has 1 unspecified atom stereocenters. The summed E-state index contributed by atoms with van der Waals surface area (Å²) in [6, 6.07) is 12.3. The minimum Gasteiger partial charge on any atom is -0.508 e. The third-order valence-corrected chi connectivity index (χ3v) is 16.6. The molecule has 13 heteroatoms. The van der Waals surface area contributed by atoms with Gasteiger partial charge < -0.3 is 34.0 Å². The van der Waals surface area contributed by atoms with Crippen LogP contribution in [-0.4, -0.2) is 66.0 Å². The summed E-state index contributed by atoms with van der Waals surface area (Å²) in [5.41, 5.74) is 6.84. The minimum absolute atomic E-state index is 0.00748. The minimum atomic E-state index is -2.91. The summed E-state index contributed by atoms with van der Waals surface area (Å²) in [4.78, 5) is 45.7. The fourth-order valence-electron chi connectivity index (χ4n) is 8.44. The van der Waals surface area contributed by atoms with Crippen molar-refractivity contribution in [2.24, 2.45) is 17.6 Å². The van der Waals surface area contributed by atoms with E-state index in [2.05, 4.69) is 17.1 Å². The molecule has 3 N–H and O–H groups in total. The fraction of sp³-hybridized carbons (Fsp3) is 0.524. The van der Waals surface area contributed by atoms with Gasteiger partial charge in [-0.25, -0.2) is 4.79 Å². The van der Waals surface area contributed by atoms with E-state index in [4.69, 9.17) is 28.9 Å². The first-order valence-electron chi connectivity index (χ1n) is 19.2. The fourth-order valence-corrected chi connectivity index (χ4v) is 9.89. The van der Waals surface area contributed by atoms with Crippen molar-refractivity contribution in [3.05, 3.63) is 87.4 Å². The molecule has 0 spiro atoms. The summed E-state index contributed by atoms with van der Waals surface area (Å²) in [5, 5.41) is 16.5. The summed E-state index contributed by atoms with van der Waals surface area (Å²) >= 11 is 0. The number of benzene rings is 2. The van der Waals surface area contributed by atoms with Gasteiger partial charge in [0.25, 0.3) is 5.88 Å². The number of carbonyl (C=O) groups excluding carboxylic acids is 3. The van der Waals surface area contributed by atoms with Crippen LogP contribution in [0.15, 0.2) is 58.3 Å². The van der Waals surface area contributed by atoms with Gasteiger partial charge in [-0.3, -0.25) is 14.5 Å². The first-order chi connectivity index (χ1) is 25.7. The van der Waals surface area contributed by atoms with E-state index in [1.165, 1.54) is 0 Å². The van der Waals surface area contributed by atoms with E-state index in [-0.39, 0.29) is 53.2 Å². The third kappa shape index (κ3) is 6.72. The molecular weight excluding hydrogens is 719 g/mol. The maximum absolute atomic E-state index is 15.3. The lowest BCUT2D eigenvalue weighted by Gasteiger charge is -2.53. The van der Waals surface area contributed by atoms with Crippen molar-refractivity contribution in [2.45, 2.75) is 115 Å². The van der Waals surface area contributed by atoms with Crippen LogP contribution in [0.4, 0.5) is 4.79 Å². The average molecular weight is 772 g/mol. The molecule has 3 aromatic rings. The Morgan fingerprint density at radius 3 is 2.44 bits per heavy atom. The molecule has 1 saturated heterocycles. The van der Waals surface area contributed by atoms with Gasteiger partial charge in [0.15, 0.2) is 25.5 Å². The maximum Gasteiger partial charge on any atom is 0.514 e. The van der Waals surface area contributed by atoms with Gasteiger partial charge in [0.05, 0.1) is 11.6 Å². The number of hydrogen-bond acceptors (Lipinski definition) is 12. The van der Waals surface area contributed by atoms with E-state index in [1.807, 2.05) is 70.3 Å². The standard InChI is InChI=1S/C42H53N3O9Si/c1-40(2,3)52-39(49)51-29-21-24(28-16-13-17-45(28)7)18-25-19-26-20-27-33(43)35-32(38(44-53-35)50-22-23-14-11-10-12-15-23)37(48)42(27,54-55(8,9)41(4,5)6)36(47)31(26)34(46)30(25)29/h10-12,14-15,18,21,26-28,33,47H,13,16-17,19-20,22,43H2,1-9H3/t26-,27-,28?,33-,42-/m0/s1. The van der Waals surface area contributed by atoms with Gasteiger partial charge in [-0.05, 0) is 112 Å². The van der Waals surface area contributed by atoms with Crippen LogP contribution in [0.2, 0.25) is 18.1 Å². The molecule has 7 rings (SSSR count). The van der Waals surface area contributed by atoms with E-state index >= 15 is 9.59 Å². The highest BCUT2D eigenvalue weighted by Gasteiger charge is 2.66. The Hall–Kier alpha value is -4.30. The Balaban J connectivity index is 1.38. The van der Waals surface area contributed by atoms with Crippen molar-refractivity contribution in [3.63, 3.8) is 0 Å². The number of allylic oxidation sites excluding steroid dienone is 1. The van der Waals surface area contributed by atoms with Gasteiger partial charge >= 0.3 is 6.16 Å². The lowest BCUT2D eigenvalue weighted by Crippen LogP contribution is -2.64. The topological polar surface area (TPSA) is 164 Å². The molecule has 0 bridgehead atoms. The van der Waals surface area contributed by atoms with Gasteiger partial charge in [0, 0.05) is 17.5 Å². The number of aliphatic hydroxyl groups is 1. The molecule has 5 atom stereocenters. The van der Waals surface area contributed by atoms with Gasteiger partial charge in [0.2, 0.25) is 5.78 Å². The Morgan fingerprint density at radius 1 is 1.09 bits per heavy atom. The summed E-state index contributed by atoms with van der Waals surface area (Å²) in [7, 11) is -0.860. The van der Waals surface area contributed by atoms with Crippen LogP contribution in [0.1, 0.15) is 116 Å². The largest absolute Gasteiger partial charge is 0.514 e. The van der Waals surface area contributed by atoms with Crippen LogP contribution in [0.3, 0.4) is 0 Å². The SMILES string of the molecule is CN1CCCC1c1cc2c(c(OC(=O)OC(C)(C)C)c1)C(=O)C1=C(O)[C@]3(O[Si](C)(C)C(C)(C)C)C(=O)c4c(OCc5ccccc5)noc4[C@@H](N)[C@@H]3C[C@@H]1C2. The van der Waals surface area contributed by atoms with Crippen LogP contribution in [0.25, 0.3) is 0 Å². The molecule has 12 nitrogen and oxygen atoms in total. The quantitative estimate of drug-likeness (QED) is 0.135. The molecule has 0 amide bonds. The van der Waals surface area contributed by atoms with Gasteiger partial charge in [-0.1, -0.05) is 57.2 Å². The lowest BCUT2D eigenvalue weighted by atomic mass is 9.59. The maximum atomic E-state index is 15.3. The Kier molecular flexibility index (Phi) is 9.71. The number of nitrogens with zero attached hydrogens (tertiary/aromatic N) is 2. The zero-order chi connectivity index (χ0) is 39.8. The van der Waals surface area contributed by atoms with Crippen molar-refractivity contribution in [3.8, 4) is 11.6 Å². The second kappa shape index (κ2) is 13.7. The second-order valence-electron chi connectivity index (χ2n) is 18.0. The Labute approximate surface area is 323 Å². The predicted octanol–water partition coefficient (Wildman–Crippen LogP) is 8.18. The number of hydrogen-bond donors (Lipinski definition) is 2. The molecule has 294 valence electrons. The van der Waals surface area contributed by atoms with E-state index in [9.17, 15) is 9.90 Å². The van der Waals surface area contributed by atoms with Gasteiger partial charge in [0.1, 0.15) is 29.3 Å². The number of carbonyl (C=O) groups is 3. The first-order valence-corrected chi connectivity index (χ1v) is 22.1. The van der Waals surface area contributed by atoms with Crippen molar-refractivity contribution in [2.75, 3.05) is 13.6 Å².